The van der Waals surface area contributed by atoms with E-state index in [0.29, 0.717) is 0 Å². The number of benzene rings is 2. The van der Waals surface area contributed by atoms with E-state index < -0.39 is 0 Å². The van der Waals surface area contributed by atoms with E-state index in [4.69, 9.17) is 17.4 Å². The number of rotatable bonds is 3. The summed E-state index contributed by atoms with van der Waals surface area (Å²) in [6.07, 6.45) is 1.79. The molecule has 0 bridgehead atoms. The van der Waals surface area contributed by atoms with Gasteiger partial charge in [-0.2, -0.15) is 0 Å². The quantitative estimate of drug-likeness (QED) is 0.572. The first-order valence-electron chi connectivity index (χ1n) is 6.76. The van der Waals surface area contributed by atoms with Gasteiger partial charge >= 0.3 is 0 Å². The third-order valence-electron chi connectivity index (χ3n) is 3.66. The average molecular weight is 298 g/mol. The molecule has 0 fully saturated rings. The second-order valence-corrected chi connectivity index (χ2v) is 5.41. The van der Waals surface area contributed by atoms with Crippen LogP contribution in [-0.4, -0.2) is 4.98 Å². The van der Waals surface area contributed by atoms with E-state index in [2.05, 4.69) is 16.5 Å². The Balaban J connectivity index is 2.11. The van der Waals surface area contributed by atoms with Crippen molar-refractivity contribution < 1.29 is 0 Å². The number of nitrogens with zero attached hydrogens (tertiary/aromatic N) is 1. The van der Waals surface area contributed by atoms with Crippen LogP contribution in [0, 0.1) is 6.92 Å². The third-order valence-corrected chi connectivity index (χ3v) is 4.18. The molecule has 3 N–H and O–H groups in total. The molecule has 3 nitrogen and oxygen atoms in total. The maximum atomic E-state index is 6.43. The molecule has 3 aromatic rings. The molecule has 1 atom stereocenters. The van der Waals surface area contributed by atoms with Crippen molar-refractivity contribution in [1.82, 2.24) is 10.4 Å². The Morgan fingerprint density at radius 1 is 1.14 bits per heavy atom. The van der Waals surface area contributed by atoms with Crippen LogP contribution in [0.2, 0.25) is 5.02 Å². The summed E-state index contributed by atoms with van der Waals surface area (Å²) in [4.78, 5) is 4.33. The fourth-order valence-corrected chi connectivity index (χ4v) is 2.77. The Bertz CT molecular complexity index is 786. The zero-order chi connectivity index (χ0) is 14.8. The van der Waals surface area contributed by atoms with Crippen molar-refractivity contribution in [2.75, 3.05) is 0 Å². The van der Waals surface area contributed by atoms with Crippen LogP contribution in [0.25, 0.3) is 10.9 Å². The molecule has 0 aliphatic heterocycles. The molecule has 1 unspecified atom stereocenters. The van der Waals surface area contributed by atoms with Gasteiger partial charge in [-0.1, -0.05) is 41.9 Å². The predicted octanol–water partition coefficient (Wildman–Crippen LogP) is 3.75. The van der Waals surface area contributed by atoms with Crippen LogP contribution in [0.4, 0.5) is 0 Å². The van der Waals surface area contributed by atoms with Crippen molar-refractivity contribution in [3.8, 4) is 0 Å². The lowest BCUT2D eigenvalue weighted by Gasteiger charge is -2.19. The summed E-state index contributed by atoms with van der Waals surface area (Å²) in [6, 6.07) is 15.9. The van der Waals surface area contributed by atoms with Crippen molar-refractivity contribution in [1.29, 1.82) is 0 Å². The van der Waals surface area contributed by atoms with Crippen LogP contribution < -0.4 is 11.3 Å². The molecule has 0 aliphatic rings. The SMILES string of the molecule is Cc1cccc(C(NN)c2ccc3ncccc3c2)c1Cl. The van der Waals surface area contributed by atoms with E-state index in [-0.39, 0.29) is 6.04 Å². The van der Waals surface area contributed by atoms with Gasteiger partial charge in [0.05, 0.1) is 11.6 Å². The minimum absolute atomic E-state index is 0.151. The number of aromatic nitrogens is 1. The second-order valence-electron chi connectivity index (χ2n) is 5.03. The number of hydrazine groups is 1. The zero-order valence-corrected chi connectivity index (χ0v) is 12.4. The second kappa shape index (κ2) is 5.82. The Kier molecular flexibility index (Phi) is 3.88. The molecule has 21 heavy (non-hydrogen) atoms. The summed E-state index contributed by atoms with van der Waals surface area (Å²) in [5, 5.41) is 1.82. The lowest BCUT2D eigenvalue weighted by atomic mass is 9.96. The average Bonchev–Trinajstić information content (AvgIpc) is 2.52. The Labute approximate surface area is 128 Å². The minimum atomic E-state index is -0.151. The molecule has 0 amide bonds. The number of aryl methyl sites for hydroxylation is 1. The molecule has 1 aromatic heterocycles. The molecule has 0 aliphatic carbocycles. The molecular formula is C17H16ClN3. The molecule has 0 saturated heterocycles. The van der Waals surface area contributed by atoms with Gasteiger partial charge in [-0.05, 0) is 41.8 Å². The normalized spacial score (nSPS) is 12.5. The zero-order valence-electron chi connectivity index (χ0n) is 11.7. The molecule has 0 radical (unpaired) electrons. The summed E-state index contributed by atoms with van der Waals surface area (Å²) in [6.45, 7) is 1.99. The Morgan fingerprint density at radius 2 is 2.00 bits per heavy atom. The van der Waals surface area contributed by atoms with Crippen molar-refractivity contribution >= 4 is 22.5 Å². The topological polar surface area (TPSA) is 50.9 Å². The number of pyridine rings is 1. The number of hydrogen-bond donors (Lipinski definition) is 2. The first-order valence-corrected chi connectivity index (χ1v) is 7.14. The summed E-state index contributed by atoms with van der Waals surface area (Å²) in [5.41, 5.74) is 6.90. The number of nitrogens with two attached hydrogens (primary N) is 1. The molecule has 1 heterocycles. The van der Waals surface area contributed by atoms with Crippen molar-refractivity contribution in [3.05, 3.63) is 76.4 Å². The maximum absolute atomic E-state index is 6.43. The summed E-state index contributed by atoms with van der Waals surface area (Å²) < 4.78 is 0. The highest BCUT2D eigenvalue weighted by Crippen LogP contribution is 2.31. The predicted molar refractivity (Wildman–Crippen MR) is 87.1 cm³/mol. The molecule has 3 rings (SSSR count). The first-order chi connectivity index (χ1) is 10.2. The van der Waals surface area contributed by atoms with Crippen LogP contribution in [0.15, 0.2) is 54.7 Å². The number of hydrogen-bond acceptors (Lipinski definition) is 3. The van der Waals surface area contributed by atoms with E-state index in [1.807, 2.05) is 49.4 Å². The van der Waals surface area contributed by atoms with Crippen molar-refractivity contribution in [2.45, 2.75) is 13.0 Å². The van der Waals surface area contributed by atoms with Crippen LogP contribution in [0.3, 0.4) is 0 Å². The van der Waals surface area contributed by atoms with Gasteiger partial charge in [-0.25, -0.2) is 5.43 Å². The van der Waals surface area contributed by atoms with Gasteiger partial charge in [0.25, 0.3) is 0 Å². The highest BCUT2D eigenvalue weighted by atomic mass is 35.5. The van der Waals surface area contributed by atoms with Gasteiger partial charge in [-0.3, -0.25) is 10.8 Å². The van der Waals surface area contributed by atoms with E-state index in [9.17, 15) is 0 Å². The van der Waals surface area contributed by atoms with Gasteiger partial charge in [0.2, 0.25) is 0 Å². The highest BCUT2D eigenvalue weighted by Gasteiger charge is 2.16. The van der Waals surface area contributed by atoms with Crippen molar-refractivity contribution in [2.24, 2.45) is 5.84 Å². The summed E-state index contributed by atoms with van der Waals surface area (Å²) in [5.74, 6) is 5.78. The van der Waals surface area contributed by atoms with Gasteiger partial charge in [0.15, 0.2) is 0 Å². The highest BCUT2D eigenvalue weighted by molar-refractivity contribution is 6.32. The van der Waals surface area contributed by atoms with E-state index in [1.165, 1.54) is 0 Å². The number of halogens is 1. The smallest absolute Gasteiger partial charge is 0.0724 e. The standard InChI is InChI=1S/C17H16ClN3/c1-11-4-2-6-14(16(11)18)17(21-19)13-7-8-15-12(10-13)5-3-9-20-15/h2-10,17,21H,19H2,1H3. The van der Waals surface area contributed by atoms with Crippen LogP contribution in [0.5, 0.6) is 0 Å². The molecule has 0 saturated carbocycles. The van der Waals surface area contributed by atoms with E-state index >= 15 is 0 Å². The summed E-state index contributed by atoms with van der Waals surface area (Å²) >= 11 is 6.43. The minimum Gasteiger partial charge on any atom is -0.271 e. The summed E-state index contributed by atoms with van der Waals surface area (Å²) in [7, 11) is 0. The van der Waals surface area contributed by atoms with Gasteiger partial charge in [0.1, 0.15) is 0 Å². The molecule has 2 aromatic carbocycles. The molecule has 0 spiro atoms. The molecule has 4 heteroatoms. The fraction of sp³-hybridized carbons (Fsp3) is 0.118. The monoisotopic (exact) mass is 297 g/mol. The van der Waals surface area contributed by atoms with E-state index in [1.54, 1.807) is 6.20 Å². The van der Waals surface area contributed by atoms with Gasteiger partial charge in [0, 0.05) is 16.6 Å². The fourth-order valence-electron chi connectivity index (χ4n) is 2.53. The van der Waals surface area contributed by atoms with Crippen LogP contribution in [-0.2, 0) is 0 Å². The number of nitrogens with one attached hydrogen (secondary N) is 1. The molecule has 106 valence electrons. The van der Waals surface area contributed by atoms with Crippen LogP contribution >= 0.6 is 11.6 Å². The lowest BCUT2D eigenvalue weighted by molar-refractivity contribution is 0.637. The Morgan fingerprint density at radius 3 is 2.81 bits per heavy atom. The first kappa shape index (κ1) is 14.0. The Hall–Kier alpha value is -1.94. The largest absolute Gasteiger partial charge is 0.271 e. The van der Waals surface area contributed by atoms with Crippen LogP contribution in [0.1, 0.15) is 22.7 Å². The number of fused-ring (bicyclic) bond motifs is 1. The van der Waals surface area contributed by atoms with Crippen molar-refractivity contribution in [3.63, 3.8) is 0 Å². The van der Waals surface area contributed by atoms with Gasteiger partial charge in [-0.15, -0.1) is 0 Å². The maximum Gasteiger partial charge on any atom is 0.0724 e. The molecular weight excluding hydrogens is 282 g/mol. The van der Waals surface area contributed by atoms with E-state index in [0.717, 1.165) is 32.6 Å². The lowest BCUT2D eigenvalue weighted by Crippen LogP contribution is -2.29. The third kappa shape index (κ3) is 2.63. The van der Waals surface area contributed by atoms with Gasteiger partial charge < -0.3 is 0 Å².